The molecule has 0 aliphatic heterocycles. The molecule has 0 N–H and O–H groups in total. The third-order valence-electron chi connectivity index (χ3n) is 4.00. The Morgan fingerprint density at radius 2 is 1.67 bits per heavy atom. The van der Waals surface area contributed by atoms with Crippen LogP contribution >= 0.6 is 0 Å². The molecule has 0 saturated heterocycles. The predicted molar refractivity (Wildman–Crippen MR) is 84.3 cm³/mol. The Hall–Kier alpha value is -0.263. The Bertz CT molecular complexity index is 257. The molecule has 106 valence electrons. The Labute approximate surface area is 116 Å². The minimum Gasteiger partial charge on any atom is -0.403 e. The van der Waals surface area contributed by atoms with Gasteiger partial charge >= 0.3 is 0 Å². The zero-order valence-corrected chi connectivity index (χ0v) is 14.3. The maximum atomic E-state index is 6.26. The number of unbranched alkanes of at least 4 members (excludes halogenated alkanes) is 4. The summed E-state index contributed by atoms with van der Waals surface area (Å²) in [5.74, 6) is 2.83. The van der Waals surface area contributed by atoms with Crippen molar-refractivity contribution in [3.63, 3.8) is 0 Å². The van der Waals surface area contributed by atoms with E-state index in [1.54, 1.807) is 0 Å². The lowest BCUT2D eigenvalue weighted by Gasteiger charge is -2.38. The first-order valence-electron chi connectivity index (χ1n) is 7.38. The van der Waals surface area contributed by atoms with E-state index in [1.165, 1.54) is 32.1 Å². The van der Waals surface area contributed by atoms with Gasteiger partial charge in [0, 0.05) is 0 Å². The highest BCUT2D eigenvalue weighted by Crippen LogP contribution is 2.37. The van der Waals surface area contributed by atoms with Crippen LogP contribution in [0.15, 0.2) is 0 Å². The molecule has 0 aromatic rings. The summed E-state index contributed by atoms with van der Waals surface area (Å²) in [6.07, 6.45) is 13.1. The maximum Gasteiger partial charge on any atom is 0.193 e. The van der Waals surface area contributed by atoms with Gasteiger partial charge in [-0.05, 0) is 31.0 Å². The molecule has 0 aromatic carbocycles. The lowest BCUT2D eigenvalue weighted by atomic mass is 10.1. The van der Waals surface area contributed by atoms with Crippen LogP contribution in [-0.4, -0.2) is 14.4 Å². The fraction of sp³-hybridized carbons (Fsp3) is 0.875. The molecule has 0 bridgehead atoms. The van der Waals surface area contributed by atoms with E-state index >= 15 is 0 Å². The van der Waals surface area contributed by atoms with Crippen molar-refractivity contribution >= 4 is 8.32 Å². The third-order valence-corrected chi connectivity index (χ3v) is 8.48. The second-order valence-corrected chi connectivity index (χ2v) is 11.5. The molecule has 1 nitrogen and oxygen atoms in total. The SMILES string of the molecule is C#CC(CCCCCCC)O[Si](C)(C)C(C)(C)C. The van der Waals surface area contributed by atoms with Gasteiger partial charge < -0.3 is 4.43 Å². The molecule has 0 spiro atoms. The van der Waals surface area contributed by atoms with Gasteiger partial charge in [0.05, 0.1) is 0 Å². The number of hydrogen-bond donors (Lipinski definition) is 0. The topological polar surface area (TPSA) is 9.23 Å². The van der Waals surface area contributed by atoms with Gasteiger partial charge in [0.25, 0.3) is 0 Å². The molecule has 18 heavy (non-hydrogen) atoms. The average molecular weight is 269 g/mol. The van der Waals surface area contributed by atoms with Crippen LogP contribution in [-0.2, 0) is 4.43 Å². The van der Waals surface area contributed by atoms with Crippen molar-refractivity contribution in [2.24, 2.45) is 0 Å². The van der Waals surface area contributed by atoms with Crippen LogP contribution in [0, 0.1) is 12.3 Å². The third kappa shape index (κ3) is 6.61. The lowest BCUT2D eigenvalue weighted by molar-refractivity contribution is 0.219. The zero-order valence-electron chi connectivity index (χ0n) is 13.3. The Morgan fingerprint density at radius 3 is 2.11 bits per heavy atom. The Kier molecular flexibility index (Phi) is 7.90. The van der Waals surface area contributed by atoms with Crippen molar-refractivity contribution in [2.45, 2.75) is 90.5 Å². The van der Waals surface area contributed by atoms with Crippen LogP contribution < -0.4 is 0 Å². The lowest BCUT2D eigenvalue weighted by Crippen LogP contribution is -2.43. The van der Waals surface area contributed by atoms with Gasteiger partial charge in [0.15, 0.2) is 8.32 Å². The highest BCUT2D eigenvalue weighted by Gasteiger charge is 2.38. The summed E-state index contributed by atoms with van der Waals surface area (Å²) >= 11 is 0. The minimum absolute atomic E-state index is 0.0209. The van der Waals surface area contributed by atoms with Crippen molar-refractivity contribution in [3.05, 3.63) is 0 Å². The van der Waals surface area contributed by atoms with E-state index in [0.29, 0.717) is 0 Å². The highest BCUT2D eigenvalue weighted by atomic mass is 28.4. The van der Waals surface area contributed by atoms with Gasteiger partial charge in [-0.15, -0.1) is 6.42 Å². The van der Waals surface area contributed by atoms with Gasteiger partial charge in [-0.1, -0.05) is 59.3 Å². The van der Waals surface area contributed by atoms with Crippen molar-refractivity contribution in [3.8, 4) is 12.3 Å². The first-order chi connectivity index (χ1) is 8.24. The molecule has 0 aromatic heterocycles. The molecule has 1 unspecified atom stereocenters. The molecule has 0 radical (unpaired) electrons. The molecule has 0 rings (SSSR count). The predicted octanol–water partition coefficient (Wildman–Crippen LogP) is 5.37. The molecule has 0 amide bonds. The van der Waals surface area contributed by atoms with E-state index in [2.05, 4.69) is 46.7 Å². The van der Waals surface area contributed by atoms with E-state index in [4.69, 9.17) is 10.8 Å². The van der Waals surface area contributed by atoms with Crippen molar-refractivity contribution in [2.75, 3.05) is 0 Å². The summed E-state index contributed by atoms with van der Waals surface area (Å²) in [5.41, 5.74) is 0. The monoisotopic (exact) mass is 268 g/mol. The number of terminal acetylenes is 1. The number of hydrogen-bond acceptors (Lipinski definition) is 1. The van der Waals surface area contributed by atoms with Gasteiger partial charge in [-0.3, -0.25) is 0 Å². The van der Waals surface area contributed by atoms with E-state index < -0.39 is 8.32 Å². The first kappa shape index (κ1) is 17.7. The van der Waals surface area contributed by atoms with Crippen LogP contribution in [0.5, 0.6) is 0 Å². The van der Waals surface area contributed by atoms with Crippen molar-refractivity contribution in [1.82, 2.24) is 0 Å². The molecule has 0 aliphatic rings. The van der Waals surface area contributed by atoms with Gasteiger partial charge in [0.2, 0.25) is 0 Å². The zero-order chi connectivity index (χ0) is 14.2. The van der Waals surface area contributed by atoms with E-state index in [9.17, 15) is 0 Å². The second kappa shape index (κ2) is 8.02. The second-order valence-electron chi connectivity index (χ2n) is 6.74. The molecule has 0 fully saturated rings. The summed E-state index contributed by atoms with van der Waals surface area (Å²) in [5, 5.41) is 0.240. The quantitative estimate of drug-likeness (QED) is 0.327. The molecule has 1 atom stereocenters. The van der Waals surface area contributed by atoms with Crippen molar-refractivity contribution < 1.29 is 4.43 Å². The molecule has 0 saturated carbocycles. The fourth-order valence-electron chi connectivity index (χ4n) is 1.64. The van der Waals surface area contributed by atoms with Gasteiger partial charge in [-0.2, -0.15) is 0 Å². The number of rotatable bonds is 8. The molecular weight excluding hydrogens is 236 g/mol. The molecule has 0 heterocycles. The average Bonchev–Trinajstić information content (AvgIpc) is 2.25. The summed E-state index contributed by atoms with van der Waals surface area (Å²) in [6.45, 7) is 13.6. The van der Waals surface area contributed by atoms with Gasteiger partial charge in [0.1, 0.15) is 6.10 Å². The fourth-order valence-corrected chi connectivity index (χ4v) is 2.89. The van der Waals surface area contributed by atoms with Crippen LogP contribution in [0.2, 0.25) is 18.1 Å². The van der Waals surface area contributed by atoms with E-state index in [1.807, 2.05) is 0 Å². The molecule has 0 aliphatic carbocycles. The summed E-state index contributed by atoms with van der Waals surface area (Å²) in [7, 11) is -1.71. The van der Waals surface area contributed by atoms with Crippen LogP contribution in [0.4, 0.5) is 0 Å². The van der Waals surface area contributed by atoms with Crippen molar-refractivity contribution in [1.29, 1.82) is 0 Å². The first-order valence-corrected chi connectivity index (χ1v) is 10.3. The standard InChI is InChI=1S/C16H32OSi/c1-8-10-11-12-13-14-15(9-2)17-18(6,7)16(3,4)5/h2,15H,8,10-14H2,1,3-7H3. The highest BCUT2D eigenvalue weighted by molar-refractivity contribution is 6.74. The van der Waals surface area contributed by atoms with E-state index in [-0.39, 0.29) is 11.1 Å². The summed E-state index contributed by atoms with van der Waals surface area (Å²) in [4.78, 5) is 0. The molecule has 2 heteroatoms. The minimum atomic E-state index is -1.71. The van der Waals surface area contributed by atoms with Crippen LogP contribution in [0.3, 0.4) is 0 Å². The van der Waals surface area contributed by atoms with Crippen LogP contribution in [0.1, 0.15) is 66.2 Å². The normalized spacial score (nSPS) is 14.3. The summed E-state index contributed by atoms with van der Waals surface area (Å²) < 4.78 is 6.26. The molecular formula is C16H32OSi. The Morgan fingerprint density at radius 1 is 1.11 bits per heavy atom. The smallest absolute Gasteiger partial charge is 0.193 e. The van der Waals surface area contributed by atoms with E-state index in [0.717, 1.165) is 6.42 Å². The van der Waals surface area contributed by atoms with Gasteiger partial charge in [-0.25, -0.2) is 0 Å². The largest absolute Gasteiger partial charge is 0.403 e. The summed E-state index contributed by atoms with van der Waals surface area (Å²) in [6, 6.07) is 0. The van der Waals surface area contributed by atoms with Crippen LogP contribution in [0.25, 0.3) is 0 Å². The Balaban J connectivity index is 4.09. The maximum absolute atomic E-state index is 6.26.